The number of nitrogens with one attached hydrogen (secondary N) is 1. The van der Waals surface area contributed by atoms with Crippen LogP contribution in [0.4, 0.5) is 11.4 Å². The van der Waals surface area contributed by atoms with Crippen molar-refractivity contribution in [1.82, 2.24) is 15.0 Å². The lowest BCUT2D eigenvalue weighted by atomic mass is 9.87. The van der Waals surface area contributed by atoms with Gasteiger partial charge in [0.25, 0.3) is 5.91 Å². The molecule has 0 aliphatic heterocycles. The Kier molecular flexibility index (Phi) is 5.23. The first kappa shape index (κ1) is 20.6. The van der Waals surface area contributed by atoms with Gasteiger partial charge >= 0.3 is 0 Å². The molecule has 0 atom stereocenters. The van der Waals surface area contributed by atoms with Crippen LogP contribution in [0.25, 0.3) is 16.7 Å². The lowest BCUT2D eigenvalue weighted by Crippen LogP contribution is -2.14. The Hall–Kier alpha value is -3.67. The molecule has 31 heavy (non-hydrogen) atoms. The predicted molar refractivity (Wildman–Crippen MR) is 126 cm³/mol. The molecule has 0 saturated heterocycles. The van der Waals surface area contributed by atoms with Crippen molar-refractivity contribution in [2.75, 3.05) is 24.3 Å². The summed E-state index contributed by atoms with van der Waals surface area (Å²) in [5, 5.41) is 12.1. The van der Waals surface area contributed by atoms with Gasteiger partial charge in [-0.05, 0) is 65.6 Å². The average molecular weight is 414 g/mol. The van der Waals surface area contributed by atoms with Crippen molar-refractivity contribution in [3.8, 4) is 5.69 Å². The van der Waals surface area contributed by atoms with E-state index in [1.54, 1.807) is 4.80 Å². The number of fused-ring (bicyclic) bond motifs is 1. The Morgan fingerprint density at radius 1 is 0.871 bits per heavy atom. The summed E-state index contributed by atoms with van der Waals surface area (Å²) in [6, 6.07) is 21.3. The molecule has 0 radical (unpaired) electrons. The van der Waals surface area contributed by atoms with E-state index in [0.717, 1.165) is 22.4 Å². The molecular formula is C25H27N5O. The molecule has 6 heteroatoms. The molecule has 1 amide bonds. The van der Waals surface area contributed by atoms with Crippen LogP contribution >= 0.6 is 0 Å². The molecule has 0 bridgehead atoms. The van der Waals surface area contributed by atoms with Crippen molar-refractivity contribution in [1.29, 1.82) is 0 Å². The summed E-state index contributed by atoms with van der Waals surface area (Å²) >= 11 is 0. The third kappa shape index (κ3) is 4.43. The Morgan fingerprint density at radius 2 is 1.52 bits per heavy atom. The smallest absolute Gasteiger partial charge is 0.255 e. The van der Waals surface area contributed by atoms with Gasteiger partial charge in [0.15, 0.2) is 0 Å². The molecule has 4 aromatic rings. The van der Waals surface area contributed by atoms with Crippen LogP contribution in [-0.2, 0) is 5.41 Å². The molecule has 4 rings (SSSR count). The molecule has 1 heterocycles. The van der Waals surface area contributed by atoms with Crippen LogP contribution in [0.3, 0.4) is 0 Å². The molecule has 0 fully saturated rings. The number of hydrogen-bond donors (Lipinski definition) is 1. The van der Waals surface area contributed by atoms with Crippen LogP contribution in [-0.4, -0.2) is 35.0 Å². The van der Waals surface area contributed by atoms with Crippen LogP contribution in [0, 0.1) is 0 Å². The van der Waals surface area contributed by atoms with E-state index in [0.29, 0.717) is 11.3 Å². The van der Waals surface area contributed by atoms with E-state index in [4.69, 9.17) is 0 Å². The molecule has 158 valence electrons. The highest BCUT2D eigenvalue weighted by Crippen LogP contribution is 2.23. The molecule has 1 aromatic heterocycles. The van der Waals surface area contributed by atoms with Gasteiger partial charge in [-0.2, -0.15) is 4.80 Å². The third-order valence-electron chi connectivity index (χ3n) is 5.25. The summed E-state index contributed by atoms with van der Waals surface area (Å²) in [6.07, 6.45) is 0. The summed E-state index contributed by atoms with van der Waals surface area (Å²) in [6.45, 7) is 6.46. The fourth-order valence-corrected chi connectivity index (χ4v) is 3.32. The lowest BCUT2D eigenvalue weighted by Gasteiger charge is -2.19. The van der Waals surface area contributed by atoms with Crippen LogP contribution in [0.15, 0.2) is 66.7 Å². The van der Waals surface area contributed by atoms with E-state index in [-0.39, 0.29) is 11.3 Å². The molecule has 0 aliphatic carbocycles. The maximum Gasteiger partial charge on any atom is 0.255 e. The number of anilines is 2. The zero-order valence-corrected chi connectivity index (χ0v) is 18.5. The van der Waals surface area contributed by atoms with Gasteiger partial charge in [-0.1, -0.05) is 32.9 Å². The number of carbonyl (C=O) groups is 1. The van der Waals surface area contributed by atoms with Crippen LogP contribution in [0.5, 0.6) is 0 Å². The number of aromatic nitrogens is 3. The first-order chi connectivity index (χ1) is 14.7. The largest absolute Gasteiger partial charge is 0.378 e. The monoisotopic (exact) mass is 413 g/mol. The molecule has 6 nitrogen and oxygen atoms in total. The van der Waals surface area contributed by atoms with E-state index in [1.807, 2.05) is 85.7 Å². The van der Waals surface area contributed by atoms with Crippen LogP contribution in [0.1, 0.15) is 36.7 Å². The first-order valence-electron chi connectivity index (χ1n) is 10.3. The summed E-state index contributed by atoms with van der Waals surface area (Å²) < 4.78 is 0. The molecule has 1 N–H and O–H groups in total. The Balaban J connectivity index is 1.53. The van der Waals surface area contributed by atoms with Gasteiger partial charge in [-0.3, -0.25) is 4.79 Å². The van der Waals surface area contributed by atoms with Gasteiger partial charge in [-0.25, -0.2) is 0 Å². The molecular weight excluding hydrogens is 386 g/mol. The standard InChI is InChI=1S/C25H27N5O/c1-25(2,3)18-8-6-17(7-9-18)24(31)26-19-10-15-22-23(16-19)28-30(27-22)21-13-11-20(12-14-21)29(4)5/h6-16H,1-5H3,(H,26,31). The minimum Gasteiger partial charge on any atom is -0.378 e. The summed E-state index contributed by atoms with van der Waals surface area (Å²) in [7, 11) is 4.01. The van der Waals surface area contributed by atoms with E-state index in [9.17, 15) is 4.79 Å². The van der Waals surface area contributed by atoms with Crippen molar-refractivity contribution in [3.05, 3.63) is 77.9 Å². The molecule has 0 spiro atoms. The molecule has 3 aromatic carbocycles. The van der Waals surface area contributed by atoms with Gasteiger partial charge in [-0.15, -0.1) is 10.2 Å². The predicted octanol–water partition coefficient (Wildman–Crippen LogP) is 5.04. The van der Waals surface area contributed by atoms with E-state index in [2.05, 4.69) is 36.3 Å². The summed E-state index contributed by atoms with van der Waals surface area (Å²) in [5.74, 6) is -0.147. The van der Waals surface area contributed by atoms with Gasteiger partial charge in [0.2, 0.25) is 0 Å². The highest BCUT2D eigenvalue weighted by molar-refractivity contribution is 6.05. The van der Waals surface area contributed by atoms with Crippen molar-refractivity contribution in [3.63, 3.8) is 0 Å². The van der Waals surface area contributed by atoms with Crippen LogP contribution in [0.2, 0.25) is 0 Å². The number of benzene rings is 3. The zero-order valence-electron chi connectivity index (χ0n) is 18.5. The summed E-state index contributed by atoms with van der Waals surface area (Å²) in [5.41, 5.74) is 6.04. The summed E-state index contributed by atoms with van der Waals surface area (Å²) in [4.78, 5) is 16.3. The maximum absolute atomic E-state index is 12.7. The van der Waals surface area contributed by atoms with Crippen LogP contribution < -0.4 is 10.2 Å². The number of amides is 1. The maximum atomic E-state index is 12.7. The minimum absolute atomic E-state index is 0.0542. The molecule has 0 saturated carbocycles. The van der Waals surface area contributed by atoms with E-state index < -0.39 is 0 Å². The molecule has 0 unspecified atom stereocenters. The van der Waals surface area contributed by atoms with Gasteiger partial charge in [0, 0.05) is 31.0 Å². The molecule has 0 aliphatic rings. The van der Waals surface area contributed by atoms with Crippen molar-refractivity contribution in [2.24, 2.45) is 0 Å². The minimum atomic E-state index is -0.147. The van der Waals surface area contributed by atoms with Gasteiger partial charge in [0.1, 0.15) is 11.0 Å². The highest BCUT2D eigenvalue weighted by atomic mass is 16.1. The SMILES string of the molecule is CN(C)c1ccc(-n2nc3ccc(NC(=O)c4ccc(C(C)(C)C)cc4)cc3n2)cc1. The normalized spacial score (nSPS) is 11.5. The lowest BCUT2D eigenvalue weighted by molar-refractivity contribution is 0.102. The van der Waals surface area contributed by atoms with E-state index in [1.165, 1.54) is 5.56 Å². The first-order valence-corrected chi connectivity index (χ1v) is 10.3. The second-order valence-corrected chi connectivity index (χ2v) is 8.89. The fourth-order valence-electron chi connectivity index (χ4n) is 3.32. The number of hydrogen-bond acceptors (Lipinski definition) is 4. The average Bonchev–Trinajstić information content (AvgIpc) is 3.16. The Labute approximate surface area is 182 Å². The third-order valence-corrected chi connectivity index (χ3v) is 5.25. The second-order valence-electron chi connectivity index (χ2n) is 8.89. The quantitative estimate of drug-likeness (QED) is 0.509. The fraction of sp³-hybridized carbons (Fsp3) is 0.240. The second kappa shape index (κ2) is 7.87. The van der Waals surface area contributed by atoms with Crippen molar-refractivity contribution in [2.45, 2.75) is 26.2 Å². The van der Waals surface area contributed by atoms with Gasteiger partial charge in [0.05, 0.1) is 5.69 Å². The van der Waals surface area contributed by atoms with Gasteiger partial charge < -0.3 is 10.2 Å². The number of carbonyl (C=O) groups excluding carboxylic acids is 1. The van der Waals surface area contributed by atoms with Crippen molar-refractivity contribution >= 4 is 28.3 Å². The number of nitrogens with zero attached hydrogens (tertiary/aromatic N) is 4. The van der Waals surface area contributed by atoms with Crippen molar-refractivity contribution < 1.29 is 4.79 Å². The Bertz CT molecular complexity index is 1220. The van der Waals surface area contributed by atoms with E-state index >= 15 is 0 Å². The highest BCUT2D eigenvalue weighted by Gasteiger charge is 2.15. The zero-order chi connectivity index (χ0) is 22.2. The topological polar surface area (TPSA) is 63.1 Å². The Morgan fingerprint density at radius 3 is 2.13 bits per heavy atom. The number of rotatable bonds is 4.